The predicted molar refractivity (Wildman–Crippen MR) is 75.7 cm³/mol. The van der Waals surface area contributed by atoms with Crippen LogP contribution in [0.4, 0.5) is 0 Å². The molecule has 0 aliphatic heterocycles. The number of amides is 1. The van der Waals surface area contributed by atoms with Gasteiger partial charge in [-0.05, 0) is 37.6 Å². The number of carbonyl (C=O) groups excluding carboxylic acids is 1. The molecule has 0 aliphatic rings. The summed E-state index contributed by atoms with van der Waals surface area (Å²) in [6.07, 6.45) is 0.402. The first-order valence-electron chi connectivity index (χ1n) is 5.77. The Bertz CT molecular complexity index is 572. The van der Waals surface area contributed by atoms with Crippen molar-refractivity contribution in [3.05, 3.63) is 34.3 Å². The lowest BCUT2D eigenvalue weighted by Gasteiger charge is -2.13. The van der Waals surface area contributed by atoms with Crippen molar-refractivity contribution in [2.24, 2.45) is 11.5 Å². The summed E-state index contributed by atoms with van der Waals surface area (Å²) in [7, 11) is -3.31. The van der Waals surface area contributed by atoms with Crippen molar-refractivity contribution in [2.45, 2.75) is 24.3 Å². The van der Waals surface area contributed by atoms with Crippen LogP contribution in [0.25, 0.3) is 0 Å². The second kappa shape index (κ2) is 6.36. The third-order valence-corrected chi connectivity index (χ3v) is 5.41. The molecule has 1 atom stereocenters. The number of primary amides is 1. The Balaban J connectivity index is 2.97. The van der Waals surface area contributed by atoms with Crippen molar-refractivity contribution in [3.63, 3.8) is 0 Å². The van der Waals surface area contributed by atoms with Gasteiger partial charge in [-0.15, -0.1) is 0 Å². The fourth-order valence-electron chi connectivity index (χ4n) is 1.59. The van der Waals surface area contributed by atoms with E-state index in [0.717, 1.165) is 0 Å². The molecule has 5 nitrogen and oxygen atoms in total. The smallest absolute Gasteiger partial charge is 0.248 e. The van der Waals surface area contributed by atoms with E-state index in [1.807, 2.05) is 0 Å². The van der Waals surface area contributed by atoms with E-state index in [1.54, 1.807) is 6.92 Å². The minimum atomic E-state index is -3.31. The number of rotatable bonds is 6. The number of hydrogen-bond donors (Lipinski definition) is 2. The minimum Gasteiger partial charge on any atom is -0.366 e. The van der Waals surface area contributed by atoms with Gasteiger partial charge in [-0.3, -0.25) is 4.79 Å². The quantitative estimate of drug-likeness (QED) is 0.821. The van der Waals surface area contributed by atoms with Gasteiger partial charge in [0.15, 0.2) is 9.84 Å². The molecule has 1 aromatic carbocycles. The van der Waals surface area contributed by atoms with Gasteiger partial charge >= 0.3 is 0 Å². The van der Waals surface area contributed by atoms with E-state index in [1.165, 1.54) is 18.2 Å². The first kappa shape index (κ1) is 15.9. The first-order chi connectivity index (χ1) is 8.77. The van der Waals surface area contributed by atoms with Gasteiger partial charge in [0.1, 0.15) is 0 Å². The number of nitrogens with two attached hydrogens (primary N) is 2. The van der Waals surface area contributed by atoms with E-state index in [4.69, 9.17) is 23.1 Å². The van der Waals surface area contributed by atoms with Crippen LogP contribution in [-0.4, -0.2) is 26.1 Å². The molecule has 4 N–H and O–H groups in total. The highest BCUT2D eigenvalue weighted by Crippen LogP contribution is 2.22. The summed E-state index contributed by atoms with van der Waals surface area (Å²) in [4.78, 5) is 11.0. The molecule has 0 aromatic heterocycles. The van der Waals surface area contributed by atoms with Crippen molar-refractivity contribution in [1.82, 2.24) is 0 Å². The number of benzene rings is 1. The van der Waals surface area contributed by atoms with Crippen LogP contribution in [-0.2, 0) is 15.6 Å². The summed E-state index contributed by atoms with van der Waals surface area (Å²) in [5.41, 5.74) is 11.2. The molecule has 7 heteroatoms. The monoisotopic (exact) mass is 304 g/mol. The topological polar surface area (TPSA) is 103 Å². The summed E-state index contributed by atoms with van der Waals surface area (Å²) in [6, 6.07) is 4.35. The molecule has 1 unspecified atom stereocenters. The average Bonchev–Trinajstić information content (AvgIpc) is 2.31. The lowest BCUT2D eigenvalue weighted by molar-refractivity contribution is 0.100. The number of hydrogen-bond acceptors (Lipinski definition) is 4. The molecular formula is C12H17ClN2O3S. The maximum atomic E-state index is 12.1. The lowest BCUT2D eigenvalue weighted by atomic mass is 10.1. The van der Waals surface area contributed by atoms with Gasteiger partial charge in [-0.1, -0.05) is 17.7 Å². The summed E-state index contributed by atoms with van der Waals surface area (Å²) in [6.45, 7) is 1.93. The van der Waals surface area contributed by atoms with Gasteiger partial charge in [0.2, 0.25) is 5.91 Å². The van der Waals surface area contributed by atoms with E-state index in [-0.39, 0.29) is 16.3 Å². The number of halogens is 1. The first-order valence-corrected chi connectivity index (χ1v) is 7.87. The molecule has 1 rings (SSSR count). The molecule has 1 aromatic rings. The molecule has 0 aliphatic carbocycles. The lowest BCUT2D eigenvalue weighted by Crippen LogP contribution is -2.23. The SMILES string of the molecule is CC(CCN)S(=O)(=O)Cc1ccc(C(N)=O)cc1Cl. The van der Waals surface area contributed by atoms with Crippen LogP contribution in [0.3, 0.4) is 0 Å². The largest absolute Gasteiger partial charge is 0.366 e. The van der Waals surface area contributed by atoms with Gasteiger partial charge in [-0.25, -0.2) is 8.42 Å². The molecule has 0 saturated carbocycles. The van der Waals surface area contributed by atoms with Crippen LogP contribution >= 0.6 is 11.6 Å². The molecule has 1 amide bonds. The Morgan fingerprint density at radius 2 is 2.05 bits per heavy atom. The van der Waals surface area contributed by atoms with Gasteiger partial charge in [0.25, 0.3) is 0 Å². The van der Waals surface area contributed by atoms with Crippen molar-refractivity contribution in [2.75, 3.05) is 6.54 Å². The normalized spacial score (nSPS) is 13.2. The highest BCUT2D eigenvalue weighted by atomic mass is 35.5. The molecule has 0 spiro atoms. The van der Waals surface area contributed by atoms with E-state index in [2.05, 4.69) is 0 Å². The van der Waals surface area contributed by atoms with Crippen LogP contribution < -0.4 is 11.5 Å². The van der Waals surface area contributed by atoms with Gasteiger partial charge < -0.3 is 11.5 Å². The highest BCUT2D eigenvalue weighted by Gasteiger charge is 2.22. The second-order valence-electron chi connectivity index (χ2n) is 4.37. The van der Waals surface area contributed by atoms with E-state index < -0.39 is 21.0 Å². The minimum absolute atomic E-state index is 0.175. The molecule has 0 radical (unpaired) electrons. The molecule has 106 valence electrons. The summed E-state index contributed by atoms with van der Waals surface area (Å²) in [5, 5.41) is -0.302. The molecule has 0 saturated heterocycles. The Morgan fingerprint density at radius 1 is 1.42 bits per heavy atom. The Hall–Kier alpha value is -1.11. The maximum absolute atomic E-state index is 12.1. The number of carbonyl (C=O) groups is 1. The third-order valence-electron chi connectivity index (χ3n) is 2.88. The van der Waals surface area contributed by atoms with Crippen molar-refractivity contribution < 1.29 is 13.2 Å². The molecule has 0 bridgehead atoms. The zero-order valence-electron chi connectivity index (χ0n) is 10.6. The molecule has 19 heavy (non-hydrogen) atoms. The van der Waals surface area contributed by atoms with Gasteiger partial charge in [0, 0.05) is 10.6 Å². The summed E-state index contributed by atoms with van der Waals surface area (Å²) < 4.78 is 24.1. The zero-order chi connectivity index (χ0) is 14.6. The summed E-state index contributed by atoms with van der Waals surface area (Å²) in [5.74, 6) is -0.778. The number of sulfone groups is 1. The fraction of sp³-hybridized carbons (Fsp3) is 0.417. The van der Waals surface area contributed by atoms with Crippen LogP contribution in [0.2, 0.25) is 5.02 Å². The Morgan fingerprint density at radius 3 is 2.53 bits per heavy atom. The average molecular weight is 305 g/mol. The summed E-state index contributed by atoms with van der Waals surface area (Å²) >= 11 is 5.96. The Kier molecular flexibility index (Phi) is 5.34. The van der Waals surface area contributed by atoms with Crippen molar-refractivity contribution >= 4 is 27.3 Å². The van der Waals surface area contributed by atoms with Gasteiger partial charge in [-0.2, -0.15) is 0 Å². The molecule has 0 fully saturated rings. The van der Waals surface area contributed by atoms with E-state index in [9.17, 15) is 13.2 Å². The second-order valence-corrected chi connectivity index (χ2v) is 7.19. The highest BCUT2D eigenvalue weighted by molar-refractivity contribution is 7.91. The van der Waals surface area contributed by atoms with Crippen LogP contribution in [0.15, 0.2) is 18.2 Å². The van der Waals surface area contributed by atoms with Crippen molar-refractivity contribution in [3.8, 4) is 0 Å². The zero-order valence-corrected chi connectivity index (χ0v) is 12.2. The van der Waals surface area contributed by atoms with Crippen LogP contribution in [0.1, 0.15) is 29.3 Å². The standard InChI is InChI=1S/C12H17ClN2O3S/c1-8(4-5-14)19(17,18)7-10-3-2-9(12(15)16)6-11(10)13/h2-3,6,8H,4-5,7,14H2,1H3,(H2,15,16). The fourth-order valence-corrected chi connectivity index (χ4v) is 3.38. The van der Waals surface area contributed by atoms with E-state index >= 15 is 0 Å². The van der Waals surface area contributed by atoms with Gasteiger partial charge in [0.05, 0.1) is 11.0 Å². The molecular weight excluding hydrogens is 288 g/mol. The Labute approximate surface area is 117 Å². The van der Waals surface area contributed by atoms with Crippen LogP contribution in [0.5, 0.6) is 0 Å². The van der Waals surface area contributed by atoms with Crippen molar-refractivity contribution in [1.29, 1.82) is 0 Å². The third kappa shape index (κ3) is 4.19. The van der Waals surface area contributed by atoms with Crippen LogP contribution in [0, 0.1) is 0 Å². The van der Waals surface area contributed by atoms with E-state index in [0.29, 0.717) is 18.5 Å². The molecule has 0 heterocycles. The predicted octanol–water partition coefficient (Wildman–Crippen LogP) is 1.09. The maximum Gasteiger partial charge on any atom is 0.248 e.